The molecule has 0 aliphatic rings. The Balaban J connectivity index is 1.91. The molecule has 0 aliphatic carbocycles. The number of nitrogens with zero attached hydrogens (tertiary/aromatic N) is 4. The van der Waals surface area contributed by atoms with Crippen LogP contribution in [-0.2, 0) is 13.5 Å². The Morgan fingerprint density at radius 2 is 1.96 bits per heavy atom. The molecule has 0 aliphatic heterocycles. The summed E-state index contributed by atoms with van der Waals surface area (Å²) in [5, 5.41) is 11.4. The summed E-state index contributed by atoms with van der Waals surface area (Å²) in [6, 6.07) is 9.83. The molecule has 0 bridgehead atoms. The molecule has 1 amide bonds. The number of amides is 1. The minimum absolute atomic E-state index is 0.195. The van der Waals surface area contributed by atoms with Crippen LogP contribution in [0.15, 0.2) is 42.7 Å². The van der Waals surface area contributed by atoms with Gasteiger partial charge in [-0.2, -0.15) is 10.2 Å². The molecule has 0 radical (unpaired) electrons. The van der Waals surface area contributed by atoms with E-state index in [4.69, 9.17) is 0 Å². The number of carbonyl (C=O) groups excluding carboxylic acids is 1. The van der Waals surface area contributed by atoms with Crippen LogP contribution in [0, 0.1) is 6.92 Å². The smallest absolute Gasteiger partial charge is 0.260 e. The van der Waals surface area contributed by atoms with Crippen molar-refractivity contribution in [2.24, 2.45) is 7.05 Å². The zero-order valence-electron chi connectivity index (χ0n) is 13.4. The van der Waals surface area contributed by atoms with Crippen LogP contribution < -0.4 is 5.32 Å². The molecule has 0 saturated carbocycles. The highest BCUT2D eigenvalue weighted by molar-refractivity contribution is 6.04. The fourth-order valence-electron chi connectivity index (χ4n) is 2.48. The third-order valence-electron chi connectivity index (χ3n) is 3.68. The Hall–Kier alpha value is -2.89. The number of aryl methyl sites for hydroxylation is 2. The Morgan fingerprint density at radius 3 is 2.57 bits per heavy atom. The van der Waals surface area contributed by atoms with Crippen molar-refractivity contribution < 1.29 is 4.79 Å². The highest BCUT2D eigenvalue weighted by atomic mass is 16.1. The van der Waals surface area contributed by atoms with Gasteiger partial charge in [0.2, 0.25) is 0 Å². The first-order valence-electron chi connectivity index (χ1n) is 7.53. The lowest BCUT2D eigenvalue weighted by molar-refractivity contribution is 0.102. The van der Waals surface area contributed by atoms with E-state index in [1.807, 2.05) is 49.8 Å². The molecular formula is C17H19N5O. The van der Waals surface area contributed by atoms with E-state index >= 15 is 0 Å². The largest absolute Gasteiger partial charge is 0.305 e. The molecule has 2 heterocycles. The molecule has 1 N–H and O–H groups in total. The Labute approximate surface area is 134 Å². The third kappa shape index (κ3) is 3.01. The molecule has 2 aromatic heterocycles. The first kappa shape index (κ1) is 15.0. The highest BCUT2D eigenvalue weighted by Gasteiger charge is 2.17. The van der Waals surface area contributed by atoms with Crippen molar-refractivity contribution in [1.82, 2.24) is 19.6 Å². The van der Waals surface area contributed by atoms with Crippen molar-refractivity contribution in [2.75, 3.05) is 5.32 Å². The van der Waals surface area contributed by atoms with Gasteiger partial charge in [0, 0.05) is 19.3 Å². The lowest BCUT2D eigenvalue weighted by Crippen LogP contribution is -2.14. The van der Waals surface area contributed by atoms with Gasteiger partial charge in [-0.05, 0) is 25.5 Å². The van der Waals surface area contributed by atoms with Crippen molar-refractivity contribution in [3.05, 3.63) is 59.5 Å². The molecule has 0 unspecified atom stereocenters. The van der Waals surface area contributed by atoms with Crippen molar-refractivity contribution >= 4 is 11.7 Å². The van der Waals surface area contributed by atoms with Gasteiger partial charge in [0.15, 0.2) is 5.82 Å². The van der Waals surface area contributed by atoms with Gasteiger partial charge in [-0.3, -0.25) is 9.48 Å². The van der Waals surface area contributed by atoms with Gasteiger partial charge in [0.25, 0.3) is 5.91 Å². The van der Waals surface area contributed by atoms with Crippen LogP contribution in [0.2, 0.25) is 0 Å². The predicted molar refractivity (Wildman–Crippen MR) is 88.8 cm³/mol. The van der Waals surface area contributed by atoms with E-state index in [0.29, 0.717) is 17.8 Å². The van der Waals surface area contributed by atoms with Gasteiger partial charge in [0.05, 0.1) is 23.1 Å². The number of rotatable bonds is 4. The zero-order valence-corrected chi connectivity index (χ0v) is 13.4. The van der Waals surface area contributed by atoms with Crippen molar-refractivity contribution in [2.45, 2.75) is 20.3 Å². The third-order valence-corrected chi connectivity index (χ3v) is 3.68. The van der Waals surface area contributed by atoms with Gasteiger partial charge < -0.3 is 5.32 Å². The van der Waals surface area contributed by atoms with Gasteiger partial charge in [-0.15, -0.1) is 0 Å². The van der Waals surface area contributed by atoms with E-state index in [0.717, 1.165) is 11.4 Å². The van der Waals surface area contributed by atoms with Gasteiger partial charge >= 0.3 is 0 Å². The average molecular weight is 309 g/mol. The Bertz CT molecular complexity index is 829. The van der Waals surface area contributed by atoms with E-state index in [1.54, 1.807) is 23.1 Å². The summed E-state index contributed by atoms with van der Waals surface area (Å²) < 4.78 is 3.46. The van der Waals surface area contributed by atoms with E-state index in [-0.39, 0.29) is 5.91 Å². The first-order valence-corrected chi connectivity index (χ1v) is 7.53. The molecule has 23 heavy (non-hydrogen) atoms. The van der Waals surface area contributed by atoms with Crippen molar-refractivity contribution in [3.8, 4) is 5.69 Å². The molecule has 3 aromatic rings. The standard InChI is InChI=1S/C17H19N5O/c1-4-15-14(17(23)19-16-9-10-21(3)20-16)11-18-22(15)13-7-5-12(2)6-8-13/h5-11H,4H2,1-3H3,(H,19,20,23). The Morgan fingerprint density at radius 1 is 1.22 bits per heavy atom. The molecule has 118 valence electrons. The number of benzene rings is 1. The summed E-state index contributed by atoms with van der Waals surface area (Å²) in [7, 11) is 1.81. The lowest BCUT2D eigenvalue weighted by Gasteiger charge is -2.08. The molecule has 0 spiro atoms. The summed E-state index contributed by atoms with van der Waals surface area (Å²) in [5.74, 6) is 0.335. The number of hydrogen-bond acceptors (Lipinski definition) is 3. The van der Waals surface area contributed by atoms with Crippen LogP contribution in [0.25, 0.3) is 5.69 Å². The minimum atomic E-state index is -0.195. The van der Waals surface area contributed by atoms with Crippen LogP contribution >= 0.6 is 0 Å². The monoisotopic (exact) mass is 309 g/mol. The number of hydrogen-bond donors (Lipinski definition) is 1. The van der Waals surface area contributed by atoms with Gasteiger partial charge in [-0.1, -0.05) is 24.6 Å². The van der Waals surface area contributed by atoms with Crippen LogP contribution in [0.5, 0.6) is 0 Å². The number of anilines is 1. The summed E-state index contributed by atoms with van der Waals surface area (Å²) in [6.07, 6.45) is 4.10. The molecule has 3 rings (SSSR count). The maximum atomic E-state index is 12.5. The maximum Gasteiger partial charge on any atom is 0.260 e. The van der Waals surface area contributed by atoms with Crippen molar-refractivity contribution in [3.63, 3.8) is 0 Å². The second kappa shape index (κ2) is 6.08. The molecular weight excluding hydrogens is 290 g/mol. The van der Waals surface area contributed by atoms with Gasteiger partial charge in [-0.25, -0.2) is 4.68 Å². The maximum absolute atomic E-state index is 12.5. The van der Waals surface area contributed by atoms with Crippen molar-refractivity contribution in [1.29, 1.82) is 0 Å². The number of aromatic nitrogens is 4. The van der Waals surface area contributed by atoms with Crippen LogP contribution in [0.4, 0.5) is 5.82 Å². The van der Waals surface area contributed by atoms with Gasteiger partial charge in [0.1, 0.15) is 0 Å². The minimum Gasteiger partial charge on any atom is -0.305 e. The zero-order chi connectivity index (χ0) is 16.4. The van der Waals surface area contributed by atoms with Crippen LogP contribution in [-0.4, -0.2) is 25.5 Å². The first-order chi connectivity index (χ1) is 11.1. The average Bonchev–Trinajstić information content (AvgIpc) is 3.14. The van der Waals surface area contributed by atoms with E-state index in [2.05, 4.69) is 15.5 Å². The lowest BCUT2D eigenvalue weighted by atomic mass is 10.1. The molecule has 0 saturated heterocycles. The summed E-state index contributed by atoms with van der Waals surface area (Å²) >= 11 is 0. The second-order valence-electron chi connectivity index (χ2n) is 5.43. The number of nitrogens with one attached hydrogen (secondary N) is 1. The topological polar surface area (TPSA) is 64.7 Å². The predicted octanol–water partition coefficient (Wildman–Crippen LogP) is 2.73. The molecule has 6 heteroatoms. The SMILES string of the molecule is CCc1c(C(=O)Nc2ccn(C)n2)cnn1-c1ccc(C)cc1. The van der Waals surface area contributed by atoms with Crippen LogP contribution in [0.3, 0.4) is 0 Å². The fourth-order valence-corrected chi connectivity index (χ4v) is 2.48. The quantitative estimate of drug-likeness (QED) is 0.806. The summed E-state index contributed by atoms with van der Waals surface area (Å²) in [5.41, 5.74) is 3.58. The second-order valence-corrected chi connectivity index (χ2v) is 5.43. The molecule has 1 aromatic carbocycles. The highest BCUT2D eigenvalue weighted by Crippen LogP contribution is 2.17. The van der Waals surface area contributed by atoms with Crippen LogP contribution in [0.1, 0.15) is 28.5 Å². The fraction of sp³-hybridized carbons (Fsp3) is 0.235. The number of carbonyl (C=O) groups is 1. The van der Waals surface area contributed by atoms with E-state index in [1.165, 1.54) is 5.56 Å². The summed E-state index contributed by atoms with van der Waals surface area (Å²) in [6.45, 7) is 4.05. The normalized spacial score (nSPS) is 10.7. The van der Waals surface area contributed by atoms with E-state index in [9.17, 15) is 4.79 Å². The molecule has 6 nitrogen and oxygen atoms in total. The molecule has 0 fully saturated rings. The summed E-state index contributed by atoms with van der Waals surface area (Å²) in [4.78, 5) is 12.5. The molecule has 0 atom stereocenters. The van der Waals surface area contributed by atoms with E-state index < -0.39 is 0 Å². The Kier molecular flexibility index (Phi) is 3.97.